The van der Waals surface area contributed by atoms with E-state index >= 15 is 0 Å². The molecule has 0 bridgehead atoms. The summed E-state index contributed by atoms with van der Waals surface area (Å²) in [5, 5.41) is 0. The molecule has 0 amide bonds. The Morgan fingerprint density at radius 1 is 0.255 bits per heavy atom. The molecule has 1 heteroatoms. The number of hydrogen-bond donors (Lipinski definition) is 0. The highest BCUT2D eigenvalue weighted by atomic mass is 14.2. The lowest BCUT2D eigenvalue weighted by molar-refractivity contribution is 0.590. The topological polar surface area (TPSA) is 0 Å². The van der Waals surface area contributed by atoms with E-state index in [0.717, 1.165) is 0 Å². The van der Waals surface area contributed by atoms with Gasteiger partial charge in [-0.05, 0) is 66.3 Å². The summed E-state index contributed by atoms with van der Waals surface area (Å²) in [4.78, 5) is 0. The van der Waals surface area contributed by atoms with Crippen molar-refractivity contribution < 1.29 is 0 Å². The standard InChI is InChI=1S/C54H57B/c1-52(2,3)46-28-16-40(17-29-46)10-13-43-22-34-49(35-23-43)55(50-36-24-44(25-37-50)14-11-41-18-30-47(31-19-41)53(4,5)6)51-38-26-45(27-39-51)15-12-42-20-32-48(33-21-42)54(7,8)9/h10-39H,1-9H3/b13-10+,14-11+,15-12+. The second kappa shape index (κ2) is 16.5. The Morgan fingerprint density at radius 2 is 0.418 bits per heavy atom. The predicted octanol–water partition coefficient (Wildman–Crippen LogP) is 12.6. The molecule has 0 aliphatic carbocycles. The van der Waals surface area contributed by atoms with Gasteiger partial charge in [0.05, 0.1) is 0 Å². The van der Waals surface area contributed by atoms with Crippen LogP contribution in [0.5, 0.6) is 0 Å². The van der Waals surface area contributed by atoms with Gasteiger partial charge < -0.3 is 0 Å². The zero-order valence-electron chi connectivity index (χ0n) is 34.4. The van der Waals surface area contributed by atoms with Gasteiger partial charge in [0.15, 0.2) is 0 Å². The fourth-order valence-corrected chi connectivity index (χ4v) is 6.84. The van der Waals surface area contributed by atoms with Gasteiger partial charge in [-0.3, -0.25) is 0 Å². The van der Waals surface area contributed by atoms with Crippen LogP contribution in [0, 0.1) is 0 Å². The molecular weight excluding hydrogens is 659 g/mol. The first-order valence-electron chi connectivity index (χ1n) is 19.8. The molecular formula is C54H57B. The molecule has 0 fully saturated rings. The minimum Gasteiger partial charge on any atom is -0.0686 e. The van der Waals surface area contributed by atoms with Crippen LogP contribution >= 0.6 is 0 Å². The summed E-state index contributed by atoms with van der Waals surface area (Å²) in [5.74, 6) is 0. The van der Waals surface area contributed by atoms with Crippen LogP contribution in [0.25, 0.3) is 36.5 Å². The molecule has 0 spiro atoms. The zero-order chi connectivity index (χ0) is 39.2. The fraction of sp³-hybridized carbons (Fsp3) is 0.222. The maximum atomic E-state index is 2.29. The monoisotopic (exact) mass is 716 g/mol. The molecule has 0 heterocycles. The first-order chi connectivity index (χ1) is 26.1. The maximum Gasteiger partial charge on any atom is 0.241 e. The van der Waals surface area contributed by atoms with Gasteiger partial charge in [-0.25, -0.2) is 0 Å². The van der Waals surface area contributed by atoms with Crippen molar-refractivity contribution in [3.05, 3.63) is 196 Å². The minimum absolute atomic E-state index is 0.105. The molecule has 0 unspecified atom stereocenters. The van der Waals surface area contributed by atoms with Crippen molar-refractivity contribution in [1.29, 1.82) is 0 Å². The molecule has 6 rings (SSSR count). The van der Waals surface area contributed by atoms with E-state index in [0.29, 0.717) is 0 Å². The lowest BCUT2D eigenvalue weighted by Gasteiger charge is -2.18. The van der Waals surface area contributed by atoms with Crippen molar-refractivity contribution in [2.24, 2.45) is 0 Å². The van der Waals surface area contributed by atoms with Crippen LogP contribution in [0.4, 0.5) is 0 Å². The molecule has 276 valence electrons. The van der Waals surface area contributed by atoms with Crippen LogP contribution in [0.3, 0.4) is 0 Å². The summed E-state index contributed by atoms with van der Waals surface area (Å²) in [6, 6.07) is 53.9. The molecule has 0 radical (unpaired) electrons. The molecule has 0 aromatic heterocycles. The van der Waals surface area contributed by atoms with Crippen LogP contribution in [0.1, 0.15) is 112 Å². The third kappa shape index (κ3) is 10.6. The Labute approximate surface area is 332 Å². The van der Waals surface area contributed by atoms with Gasteiger partial charge in [-0.2, -0.15) is 0 Å². The molecule has 6 aromatic carbocycles. The van der Waals surface area contributed by atoms with E-state index in [-0.39, 0.29) is 23.0 Å². The Morgan fingerprint density at radius 3 is 0.582 bits per heavy atom. The Bertz CT molecular complexity index is 1960. The van der Waals surface area contributed by atoms with Crippen molar-refractivity contribution in [3.63, 3.8) is 0 Å². The van der Waals surface area contributed by atoms with Crippen LogP contribution in [0.2, 0.25) is 0 Å². The molecule has 6 aromatic rings. The van der Waals surface area contributed by atoms with E-state index in [1.807, 2.05) is 0 Å². The third-order valence-corrected chi connectivity index (χ3v) is 10.5. The average Bonchev–Trinajstić information content (AvgIpc) is 3.16. The van der Waals surface area contributed by atoms with Gasteiger partial charge in [-0.15, -0.1) is 0 Å². The largest absolute Gasteiger partial charge is 0.241 e. The zero-order valence-corrected chi connectivity index (χ0v) is 34.4. The number of hydrogen-bond acceptors (Lipinski definition) is 0. The summed E-state index contributed by atoms with van der Waals surface area (Å²) in [6.45, 7) is 20.4. The smallest absolute Gasteiger partial charge is 0.0686 e. The Kier molecular flexibility index (Phi) is 11.8. The number of benzene rings is 6. The van der Waals surface area contributed by atoms with Crippen molar-refractivity contribution in [2.45, 2.75) is 78.6 Å². The van der Waals surface area contributed by atoms with Crippen molar-refractivity contribution in [2.75, 3.05) is 0 Å². The summed E-state index contributed by atoms with van der Waals surface area (Å²) in [5.41, 5.74) is 15.5. The van der Waals surface area contributed by atoms with Crippen molar-refractivity contribution in [1.82, 2.24) is 0 Å². The second-order valence-corrected chi connectivity index (χ2v) is 18.0. The summed E-state index contributed by atoms with van der Waals surface area (Å²) >= 11 is 0. The van der Waals surface area contributed by atoms with E-state index in [9.17, 15) is 0 Å². The highest BCUT2D eigenvalue weighted by molar-refractivity contribution is 6.95. The molecule has 0 saturated heterocycles. The van der Waals surface area contributed by atoms with Crippen molar-refractivity contribution in [3.8, 4) is 0 Å². The van der Waals surface area contributed by atoms with Gasteiger partial charge in [0.1, 0.15) is 0 Å². The summed E-state index contributed by atoms with van der Waals surface area (Å²) < 4.78 is 0. The minimum atomic E-state index is 0.105. The summed E-state index contributed by atoms with van der Waals surface area (Å²) in [7, 11) is 0. The van der Waals surface area contributed by atoms with Gasteiger partial charge in [0.2, 0.25) is 6.71 Å². The molecule has 0 N–H and O–H groups in total. The predicted molar refractivity (Wildman–Crippen MR) is 246 cm³/mol. The molecule has 55 heavy (non-hydrogen) atoms. The first kappa shape index (κ1) is 39.3. The molecule has 0 atom stereocenters. The third-order valence-electron chi connectivity index (χ3n) is 10.5. The lowest BCUT2D eigenvalue weighted by Crippen LogP contribution is -2.51. The fourth-order valence-electron chi connectivity index (χ4n) is 6.84. The molecule has 0 aliphatic rings. The van der Waals surface area contributed by atoms with Gasteiger partial charge in [-0.1, -0.05) is 261 Å². The Hall–Kier alpha value is -5.40. The van der Waals surface area contributed by atoms with Crippen LogP contribution in [-0.2, 0) is 16.2 Å². The Balaban J connectivity index is 1.24. The van der Waals surface area contributed by atoms with E-state index in [1.54, 1.807) is 0 Å². The van der Waals surface area contributed by atoms with Gasteiger partial charge >= 0.3 is 0 Å². The molecule has 0 aliphatic heterocycles. The quantitative estimate of drug-likeness (QED) is 0.103. The molecule has 0 nitrogen and oxygen atoms in total. The van der Waals surface area contributed by atoms with Crippen LogP contribution in [-0.4, -0.2) is 6.71 Å². The maximum absolute atomic E-state index is 2.29. The van der Waals surface area contributed by atoms with Gasteiger partial charge in [0.25, 0.3) is 0 Å². The second-order valence-electron chi connectivity index (χ2n) is 18.0. The van der Waals surface area contributed by atoms with Gasteiger partial charge in [0, 0.05) is 0 Å². The van der Waals surface area contributed by atoms with E-state index in [1.165, 1.54) is 66.5 Å². The van der Waals surface area contributed by atoms with Crippen LogP contribution < -0.4 is 16.4 Å². The lowest BCUT2D eigenvalue weighted by atomic mass is 9.37. The van der Waals surface area contributed by atoms with E-state index < -0.39 is 0 Å². The van der Waals surface area contributed by atoms with Crippen LogP contribution in [0.15, 0.2) is 146 Å². The first-order valence-corrected chi connectivity index (χ1v) is 19.8. The highest BCUT2D eigenvalue weighted by Crippen LogP contribution is 2.25. The van der Waals surface area contributed by atoms with E-state index in [4.69, 9.17) is 0 Å². The normalized spacial score (nSPS) is 12.6. The van der Waals surface area contributed by atoms with E-state index in [2.05, 4.69) is 244 Å². The molecule has 0 saturated carbocycles. The number of rotatable bonds is 9. The SMILES string of the molecule is CC(C)(C)c1ccc(/C=C/c2ccc(B(c3ccc(/C=C/c4ccc(C(C)(C)C)cc4)cc3)c3ccc(/C=C/c4ccc(C(C)(C)C)cc4)cc3)cc2)cc1. The average molecular weight is 717 g/mol. The van der Waals surface area contributed by atoms with Crippen molar-refractivity contribution >= 4 is 59.6 Å². The highest BCUT2D eigenvalue weighted by Gasteiger charge is 2.22. The summed E-state index contributed by atoms with van der Waals surface area (Å²) in [6.07, 6.45) is 13.2.